The van der Waals surface area contributed by atoms with Gasteiger partial charge in [0.05, 0.1) is 12.7 Å². The van der Waals surface area contributed by atoms with Gasteiger partial charge in [-0.3, -0.25) is 4.79 Å². The summed E-state index contributed by atoms with van der Waals surface area (Å²) in [6.45, 7) is 4.12. The van der Waals surface area contributed by atoms with Crippen LogP contribution in [0, 0.1) is 0 Å². The van der Waals surface area contributed by atoms with E-state index in [0.717, 1.165) is 43.1 Å². The minimum atomic E-state index is -0.153. The van der Waals surface area contributed by atoms with Gasteiger partial charge in [0.2, 0.25) is 0 Å². The number of hydrogen-bond acceptors (Lipinski definition) is 4. The lowest BCUT2D eigenvalue weighted by Gasteiger charge is -2.12. The Bertz CT molecular complexity index is 691. The van der Waals surface area contributed by atoms with Gasteiger partial charge in [-0.2, -0.15) is 0 Å². The number of rotatable bonds is 8. The van der Waals surface area contributed by atoms with Gasteiger partial charge in [0.15, 0.2) is 0 Å². The number of carbonyl (C=O) groups excluding carboxylic acids is 1. The largest absolute Gasteiger partial charge is 0.494 e. The fraction of sp³-hybridized carbons (Fsp3) is 0.381. The number of hydrogen-bond donors (Lipinski definition) is 1. The van der Waals surface area contributed by atoms with E-state index in [-0.39, 0.29) is 12.0 Å². The molecule has 26 heavy (non-hydrogen) atoms. The molecule has 0 radical (unpaired) electrons. The Balaban J connectivity index is 1.50. The van der Waals surface area contributed by atoms with Gasteiger partial charge in [0.25, 0.3) is 5.91 Å². The van der Waals surface area contributed by atoms with Crippen molar-refractivity contribution in [3.8, 4) is 11.5 Å². The quantitative estimate of drug-likeness (QED) is 0.768. The lowest BCUT2D eigenvalue weighted by molar-refractivity contribution is 0.0679. The minimum absolute atomic E-state index is 0.153. The van der Waals surface area contributed by atoms with E-state index < -0.39 is 0 Å². The molecule has 1 aliphatic heterocycles. The van der Waals surface area contributed by atoms with Gasteiger partial charge in [-0.15, -0.1) is 0 Å². The standard InChI is InChI=1S/C21H25NO4/c1-2-13-24-18-9-5-16(6-10-18)21(23)22-17-7-11-19(12-8-17)26-15-20-4-3-14-25-20/h5-12,20H,2-4,13-15H2,1H3,(H,22,23). The summed E-state index contributed by atoms with van der Waals surface area (Å²) in [6.07, 6.45) is 3.30. The van der Waals surface area contributed by atoms with E-state index in [4.69, 9.17) is 14.2 Å². The number of anilines is 1. The molecule has 0 bridgehead atoms. The van der Waals surface area contributed by atoms with E-state index in [1.54, 1.807) is 12.1 Å². The third kappa shape index (κ3) is 5.23. The number of ether oxygens (including phenoxy) is 3. The van der Waals surface area contributed by atoms with E-state index in [1.807, 2.05) is 36.4 Å². The average Bonchev–Trinajstić information content (AvgIpc) is 3.20. The Kier molecular flexibility index (Phi) is 6.50. The highest BCUT2D eigenvalue weighted by molar-refractivity contribution is 6.04. The second-order valence-corrected chi connectivity index (χ2v) is 6.30. The van der Waals surface area contributed by atoms with Crippen molar-refractivity contribution in [3.63, 3.8) is 0 Å². The summed E-state index contributed by atoms with van der Waals surface area (Å²) in [4.78, 5) is 12.3. The summed E-state index contributed by atoms with van der Waals surface area (Å²) >= 11 is 0. The van der Waals surface area contributed by atoms with Gasteiger partial charge in [-0.05, 0) is 67.8 Å². The molecule has 5 nitrogen and oxygen atoms in total. The average molecular weight is 355 g/mol. The molecule has 1 aliphatic rings. The molecule has 1 unspecified atom stereocenters. The van der Waals surface area contributed by atoms with Crippen molar-refractivity contribution in [2.24, 2.45) is 0 Å². The molecule has 1 amide bonds. The van der Waals surface area contributed by atoms with Crippen LogP contribution in [-0.2, 0) is 4.74 Å². The molecule has 1 saturated heterocycles. The molecule has 0 aromatic heterocycles. The first-order valence-corrected chi connectivity index (χ1v) is 9.13. The monoisotopic (exact) mass is 355 g/mol. The maximum absolute atomic E-state index is 12.3. The molecule has 2 aromatic carbocycles. The molecule has 1 heterocycles. The zero-order chi connectivity index (χ0) is 18.2. The Hall–Kier alpha value is -2.53. The summed E-state index contributed by atoms with van der Waals surface area (Å²) in [5, 5.41) is 2.89. The second-order valence-electron chi connectivity index (χ2n) is 6.30. The van der Waals surface area contributed by atoms with Gasteiger partial charge in [0.1, 0.15) is 18.1 Å². The highest BCUT2D eigenvalue weighted by Crippen LogP contribution is 2.19. The molecule has 1 N–H and O–H groups in total. The third-order valence-corrected chi connectivity index (χ3v) is 4.16. The van der Waals surface area contributed by atoms with Crippen LogP contribution < -0.4 is 14.8 Å². The molecule has 138 valence electrons. The van der Waals surface area contributed by atoms with Crippen LogP contribution in [-0.4, -0.2) is 31.8 Å². The zero-order valence-electron chi connectivity index (χ0n) is 15.1. The molecule has 0 saturated carbocycles. The fourth-order valence-corrected chi connectivity index (χ4v) is 2.73. The topological polar surface area (TPSA) is 56.8 Å². The molecule has 5 heteroatoms. The summed E-state index contributed by atoms with van der Waals surface area (Å²) in [5.74, 6) is 1.40. The number of benzene rings is 2. The Morgan fingerprint density at radius 1 is 1.08 bits per heavy atom. The summed E-state index contributed by atoms with van der Waals surface area (Å²) in [5.41, 5.74) is 1.32. The normalized spacial score (nSPS) is 16.3. The van der Waals surface area contributed by atoms with Crippen molar-refractivity contribution in [3.05, 3.63) is 54.1 Å². The minimum Gasteiger partial charge on any atom is -0.494 e. The van der Waals surface area contributed by atoms with Crippen molar-refractivity contribution < 1.29 is 19.0 Å². The Labute approximate surface area is 154 Å². The van der Waals surface area contributed by atoms with E-state index in [0.29, 0.717) is 18.8 Å². The van der Waals surface area contributed by atoms with Gasteiger partial charge < -0.3 is 19.5 Å². The van der Waals surface area contributed by atoms with Crippen LogP contribution in [0.5, 0.6) is 11.5 Å². The smallest absolute Gasteiger partial charge is 0.255 e. The lowest BCUT2D eigenvalue weighted by Crippen LogP contribution is -2.16. The van der Waals surface area contributed by atoms with Crippen LogP contribution in [0.15, 0.2) is 48.5 Å². The molecule has 3 rings (SSSR count). The Morgan fingerprint density at radius 2 is 1.77 bits per heavy atom. The van der Waals surface area contributed by atoms with Crippen LogP contribution in [0.2, 0.25) is 0 Å². The van der Waals surface area contributed by atoms with Crippen LogP contribution in [0.25, 0.3) is 0 Å². The first kappa shape index (κ1) is 18.3. The van der Waals surface area contributed by atoms with E-state index in [1.165, 1.54) is 0 Å². The molecule has 0 aliphatic carbocycles. The van der Waals surface area contributed by atoms with Crippen LogP contribution >= 0.6 is 0 Å². The number of amides is 1. The predicted octanol–water partition coefficient (Wildman–Crippen LogP) is 4.29. The van der Waals surface area contributed by atoms with Crippen molar-refractivity contribution in [1.29, 1.82) is 0 Å². The van der Waals surface area contributed by atoms with Crippen molar-refractivity contribution in [1.82, 2.24) is 0 Å². The predicted molar refractivity (Wildman–Crippen MR) is 101 cm³/mol. The zero-order valence-corrected chi connectivity index (χ0v) is 15.1. The van der Waals surface area contributed by atoms with Gasteiger partial charge in [-0.25, -0.2) is 0 Å². The molecule has 2 aromatic rings. The molecule has 1 fully saturated rings. The maximum Gasteiger partial charge on any atom is 0.255 e. The molecular formula is C21H25NO4. The molecular weight excluding hydrogens is 330 g/mol. The first-order chi connectivity index (χ1) is 12.7. The van der Waals surface area contributed by atoms with E-state index >= 15 is 0 Å². The third-order valence-electron chi connectivity index (χ3n) is 4.16. The van der Waals surface area contributed by atoms with Gasteiger partial charge >= 0.3 is 0 Å². The molecule has 0 spiro atoms. The second kappa shape index (κ2) is 9.25. The SMILES string of the molecule is CCCOc1ccc(C(=O)Nc2ccc(OCC3CCCO3)cc2)cc1. The van der Waals surface area contributed by atoms with Gasteiger partial charge in [-0.1, -0.05) is 6.92 Å². The lowest BCUT2D eigenvalue weighted by atomic mass is 10.2. The highest BCUT2D eigenvalue weighted by Gasteiger charge is 2.16. The van der Waals surface area contributed by atoms with Crippen molar-refractivity contribution in [2.75, 3.05) is 25.1 Å². The number of carbonyl (C=O) groups is 1. The summed E-state index contributed by atoms with van der Waals surface area (Å²) < 4.78 is 16.8. The fourth-order valence-electron chi connectivity index (χ4n) is 2.73. The van der Waals surface area contributed by atoms with Crippen molar-refractivity contribution in [2.45, 2.75) is 32.3 Å². The van der Waals surface area contributed by atoms with Crippen molar-refractivity contribution >= 4 is 11.6 Å². The number of nitrogens with one attached hydrogen (secondary N) is 1. The maximum atomic E-state index is 12.3. The Morgan fingerprint density at radius 3 is 2.42 bits per heavy atom. The van der Waals surface area contributed by atoms with Crippen LogP contribution in [0.3, 0.4) is 0 Å². The highest BCUT2D eigenvalue weighted by atomic mass is 16.5. The summed E-state index contributed by atoms with van der Waals surface area (Å²) in [7, 11) is 0. The van der Waals surface area contributed by atoms with E-state index in [2.05, 4.69) is 12.2 Å². The first-order valence-electron chi connectivity index (χ1n) is 9.13. The van der Waals surface area contributed by atoms with E-state index in [9.17, 15) is 4.79 Å². The summed E-state index contributed by atoms with van der Waals surface area (Å²) in [6, 6.07) is 14.5. The van der Waals surface area contributed by atoms with Crippen LogP contribution in [0.1, 0.15) is 36.5 Å². The molecule has 1 atom stereocenters. The van der Waals surface area contributed by atoms with Crippen LogP contribution in [0.4, 0.5) is 5.69 Å². The van der Waals surface area contributed by atoms with Gasteiger partial charge in [0, 0.05) is 17.9 Å².